The highest BCUT2D eigenvalue weighted by Crippen LogP contribution is 2.40. The van der Waals surface area contributed by atoms with Crippen LogP contribution in [0.2, 0.25) is 0 Å². The number of hydrogen-bond donors (Lipinski definition) is 3. The van der Waals surface area contributed by atoms with Crippen molar-refractivity contribution in [3.63, 3.8) is 0 Å². The number of anilines is 2. The number of nitrogens with one attached hydrogen (secondary N) is 3. The summed E-state index contributed by atoms with van der Waals surface area (Å²) in [6.45, 7) is 10.9. The topological polar surface area (TPSA) is 99.8 Å². The number of thiophene rings is 1. The van der Waals surface area contributed by atoms with Gasteiger partial charge in [0.15, 0.2) is 0 Å². The van der Waals surface area contributed by atoms with Crippen molar-refractivity contribution in [3.8, 4) is 0 Å². The second kappa shape index (κ2) is 11.0. The molecule has 8 nitrogen and oxygen atoms in total. The molecule has 4 rings (SSSR count). The van der Waals surface area contributed by atoms with Gasteiger partial charge >= 0.3 is 6.09 Å². The van der Waals surface area contributed by atoms with Crippen LogP contribution in [0.3, 0.4) is 0 Å². The first-order valence-electron chi connectivity index (χ1n) is 12.7. The molecule has 2 aromatic rings. The molecule has 38 heavy (non-hydrogen) atoms. The highest BCUT2D eigenvalue weighted by atomic mass is 127. The molecular formula is C27H34FIN4O4S. The first kappa shape index (κ1) is 28.6. The van der Waals surface area contributed by atoms with Crippen molar-refractivity contribution < 1.29 is 23.5 Å². The Morgan fingerprint density at radius 1 is 1.29 bits per heavy atom. The summed E-state index contributed by atoms with van der Waals surface area (Å²) in [7, 11) is 0. The number of ether oxygens (including phenoxy) is 1. The van der Waals surface area contributed by atoms with E-state index in [0.717, 1.165) is 21.3 Å². The Balaban J connectivity index is 1.64. The summed E-state index contributed by atoms with van der Waals surface area (Å²) < 4.78 is 21.0. The summed E-state index contributed by atoms with van der Waals surface area (Å²) in [5, 5.41) is 9.53. The molecule has 3 heterocycles. The number of halogens is 2. The van der Waals surface area contributed by atoms with Crippen LogP contribution >= 0.6 is 33.9 Å². The summed E-state index contributed by atoms with van der Waals surface area (Å²) in [5.41, 5.74) is 0.341. The van der Waals surface area contributed by atoms with E-state index in [2.05, 4.69) is 16.0 Å². The lowest BCUT2D eigenvalue weighted by Crippen LogP contribution is -2.50. The summed E-state index contributed by atoms with van der Waals surface area (Å²) in [5.74, 6) is -1.04. The fraction of sp³-hybridized carbons (Fsp3) is 0.519. The fourth-order valence-corrected chi connectivity index (χ4v) is 6.24. The van der Waals surface area contributed by atoms with Gasteiger partial charge in [0, 0.05) is 29.2 Å². The number of nitrogens with zero attached hydrogens (tertiary/aromatic N) is 1. The van der Waals surface area contributed by atoms with Crippen molar-refractivity contribution in [2.75, 3.05) is 25.0 Å². The molecule has 0 aliphatic carbocycles. The number of hydrogen-bond acceptors (Lipinski definition) is 6. The van der Waals surface area contributed by atoms with Crippen molar-refractivity contribution in [2.24, 2.45) is 5.41 Å². The van der Waals surface area contributed by atoms with Crippen LogP contribution in [0.1, 0.15) is 73.1 Å². The fourth-order valence-electron chi connectivity index (χ4n) is 4.64. The third-order valence-electron chi connectivity index (χ3n) is 6.41. The van der Waals surface area contributed by atoms with E-state index in [1.54, 1.807) is 17.0 Å². The van der Waals surface area contributed by atoms with Gasteiger partial charge in [-0.15, -0.1) is 11.3 Å². The molecule has 1 aromatic heterocycles. The maximum absolute atomic E-state index is 14.7. The molecule has 0 saturated carbocycles. The maximum atomic E-state index is 14.7. The molecular weight excluding hydrogens is 622 g/mol. The van der Waals surface area contributed by atoms with Gasteiger partial charge in [-0.25, -0.2) is 9.18 Å². The second-order valence-corrected chi connectivity index (χ2v) is 13.9. The predicted octanol–water partition coefficient (Wildman–Crippen LogP) is 5.68. The van der Waals surface area contributed by atoms with E-state index < -0.39 is 17.5 Å². The molecule has 1 atom stereocenters. The van der Waals surface area contributed by atoms with Crippen LogP contribution in [0.15, 0.2) is 18.2 Å². The van der Waals surface area contributed by atoms with Crippen LogP contribution in [0.5, 0.6) is 0 Å². The smallest absolute Gasteiger partial charge is 0.410 e. The van der Waals surface area contributed by atoms with E-state index in [9.17, 15) is 18.8 Å². The monoisotopic (exact) mass is 656 g/mol. The van der Waals surface area contributed by atoms with E-state index in [-0.39, 0.29) is 29.0 Å². The van der Waals surface area contributed by atoms with Crippen molar-refractivity contribution in [1.82, 2.24) is 15.5 Å². The molecule has 0 spiro atoms. The Kier molecular flexibility index (Phi) is 8.27. The molecule has 1 aromatic carbocycles. The Bertz CT molecular complexity index is 1260. The Morgan fingerprint density at radius 3 is 2.71 bits per heavy atom. The lowest BCUT2D eigenvalue weighted by molar-refractivity contribution is 0.0185. The van der Waals surface area contributed by atoms with E-state index in [1.165, 1.54) is 6.07 Å². The zero-order valence-corrected chi connectivity index (χ0v) is 25.3. The first-order valence-corrected chi connectivity index (χ1v) is 14.6. The number of piperidine rings is 1. The molecule has 0 bridgehead atoms. The predicted molar refractivity (Wildman–Crippen MR) is 155 cm³/mol. The van der Waals surface area contributed by atoms with Gasteiger partial charge in [-0.1, -0.05) is 13.8 Å². The van der Waals surface area contributed by atoms with Crippen LogP contribution in [-0.4, -0.2) is 54.1 Å². The molecule has 2 aliphatic rings. The first-order chi connectivity index (χ1) is 17.7. The quantitative estimate of drug-likeness (QED) is 0.368. The van der Waals surface area contributed by atoms with E-state index in [0.29, 0.717) is 53.5 Å². The Labute approximate surface area is 240 Å². The molecule has 0 unspecified atom stereocenters. The molecule has 0 radical (unpaired) electrons. The molecule has 2 aliphatic heterocycles. The number of carbonyl (C=O) groups excluding carboxylic acids is 3. The highest BCUT2D eigenvalue weighted by Gasteiger charge is 2.36. The van der Waals surface area contributed by atoms with Crippen LogP contribution in [0.4, 0.5) is 19.9 Å². The number of rotatable bonds is 4. The normalized spacial score (nSPS) is 19.2. The minimum Gasteiger partial charge on any atom is -0.444 e. The lowest BCUT2D eigenvalue weighted by atomic mass is 9.85. The minimum absolute atomic E-state index is 0.226. The minimum atomic E-state index is -0.611. The van der Waals surface area contributed by atoms with Gasteiger partial charge in [-0.3, -0.25) is 9.59 Å². The molecule has 3 N–H and O–H groups in total. The van der Waals surface area contributed by atoms with Gasteiger partial charge in [0.1, 0.15) is 16.4 Å². The van der Waals surface area contributed by atoms with Gasteiger partial charge in [0.2, 0.25) is 0 Å². The zero-order chi connectivity index (χ0) is 27.8. The van der Waals surface area contributed by atoms with Crippen molar-refractivity contribution in [1.29, 1.82) is 0 Å². The molecule has 11 heteroatoms. The van der Waals surface area contributed by atoms with Gasteiger partial charge < -0.3 is 25.6 Å². The molecule has 1 fully saturated rings. The average molecular weight is 657 g/mol. The third kappa shape index (κ3) is 6.77. The van der Waals surface area contributed by atoms with E-state index >= 15 is 0 Å². The SMILES string of the molecule is CC1(C)CNC(=O)c2sc(Nc3ccc(I)cc3F)c(C(=O)N[C@H]3CCCN(C(=O)OC(C)(C)C)C3)c2C1. The molecule has 206 valence electrons. The largest absolute Gasteiger partial charge is 0.444 e. The lowest BCUT2D eigenvalue weighted by Gasteiger charge is -2.34. The number of carbonyl (C=O) groups is 3. The van der Waals surface area contributed by atoms with Gasteiger partial charge in [-0.2, -0.15) is 0 Å². The van der Waals surface area contributed by atoms with Crippen molar-refractivity contribution in [2.45, 2.75) is 65.5 Å². The molecule has 3 amide bonds. The zero-order valence-electron chi connectivity index (χ0n) is 22.3. The number of fused-ring (bicyclic) bond motifs is 1. The standard InChI is InChI=1S/C27H34FIN4O4S/c1-26(2,3)37-25(36)33-10-6-7-16(13-33)31-22(34)20-17-12-27(4,5)14-30-23(35)21(17)38-24(20)32-19-9-8-15(29)11-18(19)28/h8-9,11,16,32H,6-7,10,12-14H2,1-5H3,(H,30,35)(H,31,34)/t16-/m0/s1. The second-order valence-electron chi connectivity index (χ2n) is 11.6. The summed E-state index contributed by atoms with van der Waals surface area (Å²) in [6, 6.07) is 4.51. The van der Waals surface area contributed by atoms with E-state index in [1.807, 2.05) is 57.2 Å². The maximum Gasteiger partial charge on any atom is 0.410 e. The van der Waals surface area contributed by atoms with Crippen LogP contribution in [0.25, 0.3) is 0 Å². The third-order valence-corrected chi connectivity index (χ3v) is 8.23. The van der Waals surface area contributed by atoms with Crippen LogP contribution in [-0.2, 0) is 11.2 Å². The van der Waals surface area contributed by atoms with Crippen molar-refractivity contribution in [3.05, 3.63) is 43.6 Å². The number of likely N-dealkylation sites (tertiary alicyclic amines) is 1. The Morgan fingerprint density at radius 2 is 2.03 bits per heavy atom. The number of benzene rings is 1. The van der Waals surface area contributed by atoms with Gasteiger partial charge in [-0.05, 0) is 91.8 Å². The number of amides is 3. The summed E-state index contributed by atoms with van der Waals surface area (Å²) in [6.07, 6.45) is 1.53. The van der Waals surface area contributed by atoms with Gasteiger partial charge in [0.25, 0.3) is 11.8 Å². The van der Waals surface area contributed by atoms with Gasteiger partial charge in [0.05, 0.1) is 16.1 Å². The average Bonchev–Trinajstić information content (AvgIpc) is 3.10. The van der Waals surface area contributed by atoms with Crippen LogP contribution < -0.4 is 16.0 Å². The van der Waals surface area contributed by atoms with Crippen molar-refractivity contribution >= 4 is 62.5 Å². The Hall–Kier alpha value is -2.41. The summed E-state index contributed by atoms with van der Waals surface area (Å²) >= 11 is 3.19. The highest BCUT2D eigenvalue weighted by molar-refractivity contribution is 14.1. The molecule has 1 saturated heterocycles. The van der Waals surface area contributed by atoms with Crippen LogP contribution in [0, 0.1) is 14.8 Å². The van der Waals surface area contributed by atoms with E-state index in [4.69, 9.17) is 4.74 Å². The summed E-state index contributed by atoms with van der Waals surface area (Å²) in [4.78, 5) is 41.5.